The third-order valence-electron chi connectivity index (χ3n) is 4.18. The van der Waals surface area contributed by atoms with Crippen LogP contribution in [0.4, 0.5) is 11.6 Å². The molecule has 160 valence electrons. The van der Waals surface area contributed by atoms with E-state index in [9.17, 15) is 18.0 Å². The molecule has 0 unspecified atom stereocenters. The Balaban J connectivity index is 1.74. The number of ether oxygens (including phenoxy) is 1. The minimum Gasteiger partial charge on any atom is -0.465 e. The zero-order chi connectivity index (χ0) is 22.6. The van der Waals surface area contributed by atoms with E-state index >= 15 is 0 Å². The van der Waals surface area contributed by atoms with Crippen LogP contribution in [-0.4, -0.2) is 37.4 Å². The second-order valence-electron chi connectivity index (χ2n) is 6.63. The smallest absolute Gasteiger partial charge is 0.337 e. The predicted octanol–water partition coefficient (Wildman–Crippen LogP) is 2.93. The average molecular weight is 440 g/mol. The summed E-state index contributed by atoms with van der Waals surface area (Å²) < 4.78 is 32.2. The second kappa shape index (κ2) is 8.92. The van der Waals surface area contributed by atoms with Crippen molar-refractivity contribution in [3.05, 3.63) is 77.1 Å². The van der Waals surface area contributed by atoms with E-state index in [0.29, 0.717) is 17.1 Å². The quantitative estimate of drug-likeness (QED) is 0.564. The molecule has 0 aliphatic rings. The molecule has 0 aliphatic carbocycles. The zero-order valence-electron chi connectivity index (χ0n) is 17.0. The first-order valence-corrected chi connectivity index (χ1v) is 10.6. The van der Waals surface area contributed by atoms with Gasteiger partial charge in [-0.05, 0) is 62.4 Å². The topological polar surface area (TPSA) is 127 Å². The van der Waals surface area contributed by atoms with Crippen LogP contribution in [-0.2, 0) is 14.8 Å². The second-order valence-corrected chi connectivity index (χ2v) is 8.31. The Bertz CT molecular complexity index is 1220. The SMILES string of the molecule is COC(=O)c1cccc(C(=O)Nc2ccc(S(=O)(=O)Nc3nc(C)cc(C)n3)cc2)c1. The van der Waals surface area contributed by atoms with Gasteiger partial charge < -0.3 is 10.1 Å². The molecule has 3 aromatic rings. The summed E-state index contributed by atoms with van der Waals surface area (Å²) in [6.45, 7) is 3.48. The van der Waals surface area contributed by atoms with Crippen molar-refractivity contribution in [3.8, 4) is 0 Å². The van der Waals surface area contributed by atoms with E-state index in [4.69, 9.17) is 0 Å². The molecular formula is C21H20N4O5S. The molecule has 3 rings (SSSR count). The van der Waals surface area contributed by atoms with Crippen LogP contribution < -0.4 is 10.0 Å². The van der Waals surface area contributed by atoms with Gasteiger partial charge in [0.25, 0.3) is 15.9 Å². The van der Waals surface area contributed by atoms with E-state index in [2.05, 4.69) is 24.7 Å². The highest BCUT2D eigenvalue weighted by molar-refractivity contribution is 7.92. The van der Waals surface area contributed by atoms with Gasteiger partial charge in [0.1, 0.15) is 0 Å². The summed E-state index contributed by atoms with van der Waals surface area (Å²) in [4.78, 5) is 32.2. The Morgan fingerprint density at radius 3 is 2.13 bits per heavy atom. The number of anilines is 2. The number of sulfonamides is 1. The number of methoxy groups -OCH3 is 1. The highest BCUT2D eigenvalue weighted by atomic mass is 32.2. The molecule has 2 aromatic carbocycles. The number of amides is 1. The molecular weight excluding hydrogens is 420 g/mol. The van der Waals surface area contributed by atoms with Crippen LogP contribution in [0.2, 0.25) is 0 Å². The van der Waals surface area contributed by atoms with E-state index < -0.39 is 21.9 Å². The summed E-state index contributed by atoms with van der Waals surface area (Å²) >= 11 is 0. The fourth-order valence-electron chi connectivity index (χ4n) is 2.78. The maximum absolute atomic E-state index is 12.6. The van der Waals surface area contributed by atoms with E-state index in [1.807, 2.05) is 0 Å². The standard InChI is InChI=1S/C21H20N4O5S/c1-13-11-14(2)23-21(22-13)25-31(28,29)18-9-7-17(8-10-18)24-19(26)15-5-4-6-16(12-15)20(27)30-3/h4-12H,1-3H3,(H,24,26)(H,22,23,25). The van der Waals surface area contributed by atoms with Crippen LogP contribution in [0.15, 0.2) is 59.5 Å². The Labute approximate surface area is 179 Å². The number of rotatable bonds is 6. The summed E-state index contributed by atoms with van der Waals surface area (Å²) in [5, 5.41) is 2.65. The third kappa shape index (κ3) is 5.43. The number of hydrogen-bond acceptors (Lipinski definition) is 7. The van der Waals surface area contributed by atoms with Crippen molar-refractivity contribution in [1.82, 2.24) is 9.97 Å². The average Bonchev–Trinajstić information content (AvgIpc) is 2.72. The largest absolute Gasteiger partial charge is 0.465 e. The molecule has 31 heavy (non-hydrogen) atoms. The zero-order valence-corrected chi connectivity index (χ0v) is 17.9. The molecule has 1 aromatic heterocycles. The Kier molecular flexibility index (Phi) is 6.30. The van der Waals surface area contributed by atoms with Gasteiger partial charge in [0.15, 0.2) is 0 Å². The van der Waals surface area contributed by atoms with Crippen LogP contribution in [0.5, 0.6) is 0 Å². The van der Waals surface area contributed by atoms with E-state index in [1.54, 1.807) is 32.0 Å². The molecule has 0 saturated carbocycles. The maximum Gasteiger partial charge on any atom is 0.337 e. The number of hydrogen-bond donors (Lipinski definition) is 2. The van der Waals surface area contributed by atoms with E-state index in [-0.39, 0.29) is 22.0 Å². The highest BCUT2D eigenvalue weighted by Gasteiger charge is 2.17. The number of carbonyl (C=O) groups is 2. The molecule has 2 N–H and O–H groups in total. The monoisotopic (exact) mass is 440 g/mol. The normalized spacial score (nSPS) is 10.9. The summed E-state index contributed by atoms with van der Waals surface area (Å²) in [5.41, 5.74) is 2.17. The molecule has 0 atom stereocenters. The van der Waals surface area contributed by atoms with Gasteiger partial charge in [0, 0.05) is 22.6 Å². The van der Waals surface area contributed by atoms with E-state index in [1.165, 1.54) is 43.5 Å². The van der Waals surface area contributed by atoms with Crippen molar-refractivity contribution in [2.24, 2.45) is 0 Å². The lowest BCUT2D eigenvalue weighted by Gasteiger charge is -2.10. The molecule has 0 bridgehead atoms. The maximum atomic E-state index is 12.6. The number of carbonyl (C=O) groups excluding carboxylic acids is 2. The molecule has 10 heteroatoms. The molecule has 0 fully saturated rings. The number of aryl methyl sites for hydroxylation is 2. The van der Waals surface area contributed by atoms with Gasteiger partial charge in [-0.15, -0.1) is 0 Å². The minimum atomic E-state index is -3.90. The van der Waals surface area contributed by atoms with E-state index in [0.717, 1.165) is 0 Å². The number of nitrogens with one attached hydrogen (secondary N) is 2. The van der Waals surface area contributed by atoms with Crippen molar-refractivity contribution < 1.29 is 22.7 Å². The van der Waals surface area contributed by atoms with Crippen molar-refractivity contribution in [3.63, 3.8) is 0 Å². The van der Waals surface area contributed by atoms with Gasteiger partial charge in [-0.3, -0.25) is 4.79 Å². The van der Waals surface area contributed by atoms with Crippen LogP contribution in [0.3, 0.4) is 0 Å². The Hall–Kier alpha value is -3.79. The van der Waals surface area contributed by atoms with Gasteiger partial charge in [0.05, 0.1) is 17.6 Å². The van der Waals surface area contributed by atoms with Crippen molar-refractivity contribution >= 4 is 33.5 Å². The molecule has 1 amide bonds. The fourth-order valence-corrected chi connectivity index (χ4v) is 3.72. The highest BCUT2D eigenvalue weighted by Crippen LogP contribution is 2.18. The van der Waals surface area contributed by atoms with Gasteiger partial charge in [-0.2, -0.15) is 0 Å². The van der Waals surface area contributed by atoms with Crippen molar-refractivity contribution in [1.29, 1.82) is 0 Å². The van der Waals surface area contributed by atoms with Crippen LogP contribution >= 0.6 is 0 Å². The summed E-state index contributed by atoms with van der Waals surface area (Å²) in [7, 11) is -2.65. The number of benzene rings is 2. The van der Waals surface area contributed by atoms with Gasteiger partial charge in [-0.25, -0.2) is 27.9 Å². The summed E-state index contributed by atoms with van der Waals surface area (Å²) in [5.74, 6) is -1.02. The molecule has 0 saturated heterocycles. The lowest BCUT2D eigenvalue weighted by Crippen LogP contribution is -2.16. The number of aromatic nitrogens is 2. The van der Waals surface area contributed by atoms with Crippen LogP contribution in [0.25, 0.3) is 0 Å². The number of esters is 1. The Morgan fingerprint density at radius 2 is 1.52 bits per heavy atom. The summed E-state index contributed by atoms with van der Waals surface area (Å²) in [6.07, 6.45) is 0. The fraction of sp³-hybridized carbons (Fsp3) is 0.143. The molecule has 0 radical (unpaired) electrons. The minimum absolute atomic E-state index is 0.0130. The molecule has 0 spiro atoms. The van der Waals surface area contributed by atoms with Crippen LogP contribution in [0.1, 0.15) is 32.1 Å². The van der Waals surface area contributed by atoms with Gasteiger partial charge >= 0.3 is 5.97 Å². The van der Waals surface area contributed by atoms with Crippen molar-refractivity contribution in [2.45, 2.75) is 18.7 Å². The molecule has 1 heterocycles. The Morgan fingerprint density at radius 1 is 0.903 bits per heavy atom. The first kappa shape index (κ1) is 21.9. The van der Waals surface area contributed by atoms with Gasteiger partial charge in [0.2, 0.25) is 5.95 Å². The lowest BCUT2D eigenvalue weighted by atomic mass is 10.1. The lowest BCUT2D eigenvalue weighted by molar-refractivity contribution is 0.0600. The first-order valence-electron chi connectivity index (χ1n) is 9.13. The molecule has 0 aliphatic heterocycles. The number of nitrogens with zero attached hydrogens (tertiary/aromatic N) is 2. The molecule has 9 nitrogen and oxygen atoms in total. The predicted molar refractivity (Wildman–Crippen MR) is 114 cm³/mol. The van der Waals surface area contributed by atoms with Gasteiger partial charge in [-0.1, -0.05) is 6.07 Å². The van der Waals surface area contributed by atoms with Crippen LogP contribution in [0, 0.1) is 13.8 Å². The summed E-state index contributed by atoms with van der Waals surface area (Å²) in [6, 6.07) is 13.4. The third-order valence-corrected chi connectivity index (χ3v) is 5.52. The van der Waals surface area contributed by atoms with Crippen molar-refractivity contribution in [2.75, 3.05) is 17.1 Å². The first-order chi connectivity index (χ1) is 14.7.